The van der Waals surface area contributed by atoms with Crippen LogP contribution in [0.4, 0.5) is 5.69 Å². The summed E-state index contributed by atoms with van der Waals surface area (Å²) >= 11 is 7.54. The smallest absolute Gasteiger partial charge is 0.255 e. The Balaban J connectivity index is 0.00000242. The Morgan fingerprint density at radius 3 is 2.70 bits per heavy atom. The summed E-state index contributed by atoms with van der Waals surface area (Å²) in [6.07, 6.45) is 2.76. The number of rotatable bonds is 5. The maximum Gasteiger partial charge on any atom is 0.255 e. The fraction of sp³-hybridized carbons (Fsp3) is 0.286. The monoisotopic (exact) mass is 397 g/mol. The summed E-state index contributed by atoms with van der Waals surface area (Å²) in [6.45, 7) is 2.44. The molecule has 1 aromatic carbocycles. The van der Waals surface area contributed by atoms with Gasteiger partial charge in [0.25, 0.3) is 5.91 Å². The van der Waals surface area contributed by atoms with Gasteiger partial charge in [-0.1, -0.05) is 18.5 Å². The molecule has 0 radical (unpaired) electrons. The van der Waals surface area contributed by atoms with Gasteiger partial charge in [-0.05, 0) is 12.5 Å². The first-order valence-corrected chi connectivity index (χ1v) is 7.59. The second-order valence-corrected chi connectivity index (χ2v) is 5.94. The number of methoxy groups -OCH3 is 1. The van der Waals surface area contributed by atoms with Gasteiger partial charge in [-0.3, -0.25) is 4.79 Å². The molecule has 0 spiro atoms. The summed E-state index contributed by atoms with van der Waals surface area (Å²) in [7, 11) is 1.48. The van der Waals surface area contributed by atoms with Crippen LogP contribution in [-0.2, 0) is 13.0 Å². The number of nitrogens with one attached hydrogen (secondary N) is 1. The number of nitrogens with zero attached hydrogens (tertiary/aromatic N) is 1. The van der Waals surface area contributed by atoms with E-state index in [1.807, 2.05) is 6.20 Å². The molecule has 1 amide bonds. The van der Waals surface area contributed by atoms with E-state index in [9.17, 15) is 4.79 Å². The minimum atomic E-state index is -0.276. The van der Waals surface area contributed by atoms with Crippen LogP contribution in [0, 0.1) is 0 Å². The van der Waals surface area contributed by atoms with Gasteiger partial charge in [0, 0.05) is 17.1 Å². The van der Waals surface area contributed by atoms with E-state index >= 15 is 0 Å². The topological polar surface area (TPSA) is 77.2 Å². The van der Waals surface area contributed by atoms with Gasteiger partial charge in [-0.25, -0.2) is 4.98 Å². The fourth-order valence-electron chi connectivity index (χ4n) is 1.76. The quantitative estimate of drug-likeness (QED) is 0.752. The molecule has 0 aliphatic carbocycles. The Morgan fingerprint density at radius 2 is 2.13 bits per heavy atom. The fourth-order valence-corrected chi connectivity index (χ4v) is 2.73. The number of halogens is 3. The zero-order valence-electron chi connectivity index (χ0n) is 12.6. The molecule has 0 bridgehead atoms. The predicted molar refractivity (Wildman–Crippen MR) is 99.6 cm³/mol. The highest BCUT2D eigenvalue weighted by atomic mass is 35.5. The van der Waals surface area contributed by atoms with E-state index in [-0.39, 0.29) is 30.7 Å². The number of hydrogen-bond donors (Lipinski definition) is 2. The molecule has 0 saturated carbocycles. The number of ether oxygens (including phenoxy) is 1. The molecule has 0 aliphatic heterocycles. The first-order valence-electron chi connectivity index (χ1n) is 6.40. The Morgan fingerprint density at radius 1 is 1.43 bits per heavy atom. The number of amides is 1. The lowest BCUT2D eigenvalue weighted by Crippen LogP contribution is -2.23. The molecule has 128 valence electrons. The molecule has 2 rings (SSSR count). The van der Waals surface area contributed by atoms with Gasteiger partial charge in [0.05, 0.1) is 29.9 Å². The summed E-state index contributed by atoms with van der Waals surface area (Å²) in [4.78, 5) is 17.7. The summed E-state index contributed by atoms with van der Waals surface area (Å²) in [5.41, 5.74) is 6.42. The van der Waals surface area contributed by atoms with E-state index in [1.165, 1.54) is 24.1 Å². The number of nitrogen functional groups attached to an aromatic ring is 1. The number of carbonyl (C=O) groups excluding carboxylic acids is 1. The average molecular weight is 399 g/mol. The molecule has 9 heteroatoms. The van der Waals surface area contributed by atoms with E-state index in [2.05, 4.69) is 17.2 Å². The number of hydrogen-bond acceptors (Lipinski definition) is 5. The van der Waals surface area contributed by atoms with Crippen molar-refractivity contribution in [3.05, 3.63) is 38.8 Å². The van der Waals surface area contributed by atoms with Crippen molar-refractivity contribution in [1.82, 2.24) is 10.3 Å². The molecule has 0 atom stereocenters. The average Bonchev–Trinajstić information content (AvgIpc) is 2.95. The molecule has 23 heavy (non-hydrogen) atoms. The van der Waals surface area contributed by atoms with Crippen LogP contribution in [-0.4, -0.2) is 18.0 Å². The number of thiazole rings is 1. The van der Waals surface area contributed by atoms with Gasteiger partial charge >= 0.3 is 0 Å². The van der Waals surface area contributed by atoms with Crippen molar-refractivity contribution in [1.29, 1.82) is 0 Å². The zero-order valence-corrected chi connectivity index (χ0v) is 15.8. The highest BCUT2D eigenvalue weighted by molar-refractivity contribution is 7.11. The van der Waals surface area contributed by atoms with Crippen LogP contribution in [0.3, 0.4) is 0 Å². The van der Waals surface area contributed by atoms with Crippen molar-refractivity contribution < 1.29 is 9.53 Å². The molecular weight excluding hydrogens is 381 g/mol. The van der Waals surface area contributed by atoms with E-state index in [0.29, 0.717) is 28.6 Å². The number of anilines is 1. The molecule has 1 aromatic heterocycles. The van der Waals surface area contributed by atoms with Crippen LogP contribution in [0.1, 0.15) is 27.2 Å². The Kier molecular flexibility index (Phi) is 9.31. The Labute approximate surface area is 156 Å². The van der Waals surface area contributed by atoms with Gasteiger partial charge in [0.15, 0.2) is 0 Å². The lowest BCUT2D eigenvalue weighted by molar-refractivity contribution is 0.0948. The first kappa shape index (κ1) is 21.8. The molecule has 2 aromatic rings. The molecule has 0 unspecified atom stereocenters. The van der Waals surface area contributed by atoms with Gasteiger partial charge in [0.1, 0.15) is 10.8 Å². The van der Waals surface area contributed by atoms with Crippen LogP contribution in [0.25, 0.3) is 0 Å². The summed E-state index contributed by atoms with van der Waals surface area (Å²) in [5.74, 6) is 0.116. The highest BCUT2D eigenvalue weighted by Gasteiger charge is 2.15. The SMILES string of the molecule is CCc1cnc(CNC(=O)c2cc(Cl)c(N)cc2OC)s1.Cl.Cl. The summed E-state index contributed by atoms with van der Waals surface area (Å²) in [6, 6.07) is 3.04. The van der Waals surface area contributed by atoms with Crippen molar-refractivity contribution >= 4 is 59.3 Å². The van der Waals surface area contributed by atoms with Crippen LogP contribution < -0.4 is 15.8 Å². The van der Waals surface area contributed by atoms with Crippen molar-refractivity contribution in [2.24, 2.45) is 0 Å². The first-order chi connectivity index (χ1) is 10.0. The predicted octanol–water partition coefficient (Wildman–Crippen LogP) is 3.72. The third-order valence-electron chi connectivity index (χ3n) is 2.91. The normalized spacial score (nSPS) is 9.52. The number of aryl methyl sites for hydroxylation is 1. The van der Waals surface area contributed by atoms with Crippen LogP contribution >= 0.6 is 47.8 Å². The number of nitrogens with two attached hydrogens (primary N) is 1. The van der Waals surface area contributed by atoms with Crippen LogP contribution in [0.15, 0.2) is 18.3 Å². The van der Waals surface area contributed by atoms with Crippen LogP contribution in [0.2, 0.25) is 5.02 Å². The van der Waals surface area contributed by atoms with Crippen molar-refractivity contribution in [2.75, 3.05) is 12.8 Å². The minimum Gasteiger partial charge on any atom is -0.496 e. The number of aromatic nitrogens is 1. The lowest BCUT2D eigenvalue weighted by Gasteiger charge is -2.10. The summed E-state index contributed by atoms with van der Waals surface area (Å²) < 4.78 is 5.16. The van der Waals surface area contributed by atoms with Gasteiger partial charge < -0.3 is 15.8 Å². The zero-order chi connectivity index (χ0) is 15.4. The maximum absolute atomic E-state index is 12.2. The Hall–Kier alpha value is -1.21. The standard InChI is InChI=1S/C14H16ClN3O2S.2ClH/c1-3-8-6-17-13(21-8)7-18-14(19)9-4-10(15)11(16)5-12(9)20-2;;/h4-6H,3,7,16H2,1-2H3,(H,18,19);2*1H. The molecule has 5 nitrogen and oxygen atoms in total. The second kappa shape index (κ2) is 9.82. The van der Waals surface area contributed by atoms with E-state index in [1.54, 1.807) is 11.3 Å². The van der Waals surface area contributed by atoms with Crippen molar-refractivity contribution in [3.63, 3.8) is 0 Å². The largest absolute Gasteiger partial charge is 0.496 e. The molecule has 0 saturated heterocycles. The third kappa shape index (κ3) is 5.42. The van der Waals surface area contributed by atoms with Crippen LogP contribution in [0.5, 0.6) is 5.75 Å². The van der Waals surface area contributed by atoms with E-state index in [0.717, 1.165) is 11.4 Å². The molecule has 0 aliphatic rings. The minimum absolute atomic E-state index is 0. The van der Waals surface area contributed by atoms with Crippen molar-refractivity contribution in [2.45, 2.75) is 19.9 Å². The molecule has 3 N–H and O–H groups in total. The van der Waals surface area contributed by atoms with E-state index in [4.69, 9.17) is 22.1 Å². The van der Waals surface area contributed by atoms with E-state index < -0.39 is 0 Å². The molecular formula is C14H18Cl3N3O2S. The van der Waals surface area contributed by atoms with Gasteiger partial charge in [-0.15, -0.1) is 36.2 Å². The summed E-state index contributed by atoms with van der Waals surface area (Å²) in [5, 5.41) is 3.99. The second-order valence-electron chi connectivity index (χ2n) is 4.33. The highest BCUT2D eigenvalue weighted by Crippen LogP contribution is 2.28. The molecule has 1 heterocycles. The van der Waals surface area contributed by atoms with Gasteiger partial charge in [0.2, 0.25) is 0 Å². The lowest BCUT2D eigenvalue weighted by atomic mass is 10.1. The maximum atomic E-state index is 12.2. The third-order valence-corrected chi connectivity index (χ3v) is 4.38. The molecule has 0 fully saturated rings. The number of benzene rings is 1. The van der Waals surface area contributed by atoms with Gasteiger partial charge in [-0.2, -0.15) is 0 Å². The number of carbonyl (C=O) groups is 1. The Bertz CT molecular complexity index is 665. The van der Waals surface area contributed by atoms with Crippen molar-refractivity contribution in [3.8, 4) is 5.75 Å².